The van der Waals surface area contributed by atoms with Gasteiger partial charge in [-0.25, -0.2) is 12.8 Å². The Balaban J connectivity index is 1.61. The van der Waals surface area contributed by atoms with Gasteiger partial charge in [0.1, 0.15) is 5.82 Å². The molecule has 1 heterocycles. The highest BCUT2D eigenvalue weighted by Crippen LogP contribution is 2.27. The van der Waals surface area contributed by atoms with Crippen molar-refractivity contribution in [2.45, 2.75) is 44.6 Å². The summed E-state index contributed by atoms with van der Waals surface area (Å²) in [6.45, 7) is 6.16. The van der Waals surface area contributed by atoms with Crippen LogP contribution >= 0.6 is 0 Å². The minimum Gasteiger partial charge on any atom is -0.349 e. The van der Waals surface area contributed by atoms with Gasteiger partial charge in [-0.2, -0.15) is 4.31 Å². The number of amides is 1. The maximum absolute atomic E-state index is 13.1. The second kappa shape index (κ2) is 8.63. The normalized spacial score (nSPS) is 17.1. The fourth-order valence-electron chi connectivity index (χ4n) is 3.65. The van der Waals surface area contributed by atoms with E-state index < -0.39 is 10.0 Å². The fraction of sp³-hybridized carbons (Fsp3) is 0.409. The lowest BCUT2D eigenvalue weighted by Gasteiger charge is -2.31. The number of hydrogen-bond acceptors (Lipinski definition) is 3. The number of hydrogen-bond donors (Lipinski definition) is 1. The van der Waals surface area contributed by atoms with E-state index in [1.54, 1.807) is 25.1 Å². The molecule has 1 aliphatic rings. The molecule has 29 heavy (non-hydrogen) atoms. The minimum absolute atomic E-state index is 0.0920. The van der Waals surface area contributed by atoms with Crippen LogP contribution in [0.25, 0.3) is 0 Å². The van der Waals surface area contributed by atoms with Gasteiger partial charge in [0.15, 0.2) is 0 Å². The van der Waals surface area contributed by atoms with Gasteiger partial charge in [-0.1, -0.05) is 24.3 Å². The van der Waals surface area contributed by atoms with Crippen molar-refractivity contribution in [2.24, 2.45) is 5.92 Å². The van der Waals surface area contributed by atoms with Crippen LogP contribution in [0.1, 0.15) is 42.5 Å². The van der Waals surface area contributed by atoms with Gasteiger partial charge in [0.05, 0.1) is 10.9 Å². The summed E-state index contributed by atoms with van der Waals surface area (Å²) in [7, 11) is -3.57. The van der Waals surface area contributed by atoms with E-state index >= 15 is 0 Å². The lowest BCUT2D eigenvalue weighted by Crippen LogP contribution is -2.43. The zero-order chi connectivity index (χ0) is 21.2. The molecule has 0 saturated carbocycles. The molecule has 156 valence electrons. The van der Waals surface area contributed by atoms with Crippen molar-refractivity contribution in [1.29, 1.82) is 0 Å². The molecule has 0 radical (unpaired) electrons. The molecular weight excluding hydrogens is 391 g/mol. The quantitative estimate of drug-likeness (QED) is 0.805. The number of benzene rings is 2. The summed E-state index contributed by atoms with van der Waals surface area (Å²) in [6, 6.07) is 11.2. The average molecular weight is 419 g/mol. The molecule has 1 saturated heterocycles. The Bertz CT molecular complexity index is 982. The molecule has 0 aromatic heterocycles. The summed E-state index contributed by atoms with van der Waals surface area (Å²) in [5.41, 5.74) is 2.46. The molecule has 1 fully saturated rings. The third-order valence-electron chi connectivity index (χ3n) is 5.51. The van der Waals surface area contributed by atoms with Crippen molar-refractivity contribution in [3.8, 4) is 0 Å². The van der Waals surface area contributed by atoms with Crippen LogP contribution in [0, 0.1) is 25.6 Å². The van der Waals surface area contributed by atoms with E-state index in [4.69, 9.17) is 0 Å². The predicted molar refractivity (Wildman–Crippen MR) is 110 cm³/mol. The SMILES string of the molecule is Cc1ccc(C)c(S(=O)(=O)N2CCC(C(=O)N[C@@H](C)c3ccc(F)cc3)CC2)c1. The number of sulfonamides is 1. The second-order valence-corrected chi connectivity index (χ2v) is 9.64. The Kier molecular flexibility index (Phi) is 6.39. The molecule has 0 spiro atoms. The zero-order valence-corrected chi connectivity index (χ0v) is 17.8. The lowest BCUT2D eigenvalue weighted by atomic mass is 9.96. The van der Waals surface area contributed by atoms with Crippen LogP contribution < -0.4 is 5.32 Å². The van der Waals surface area contributed by atoms with Gasteiger partial charge in [-0.05, 0) is 68.5 Å². The Morgan fingerprint density at radius 1 is 1.10 bits per heavy atom. The Morgan fingerprint density at radius 3 is 2.34 bits per heavy atom. The summed E-state index contributed by atoms with van der Waals surface area (Å²) in [6.07, 6.45) is 0.956. The topological polar surface area (TPSA) is 66.5 Å². The fourth-order valence-corrected chi connectivity index (χ4v) is 5.43. The van der Waals surface area contributed by atoms with E-state index in [9.17, 15) is 17.6 Å². The van der Waals surface area contributed by atoms with Crippen LogP contribution in [0.5, 0.6) is 0 Å². The highest BCUT2D eigenvalue weighted by atomic mass is 32.2. The first-order valence-electron chi connectivity index (χ1n) is 9.81. The lowest BCUT2D eigenvalue weighted by molar-refractivity contribution is -0.126. The molecule has 1 amide bonds. The molecular formula is C22H27FN2O3S. The highest BCUT2D eigenvalue weighted by Gasteiger charge is 2.33. The predicted octanol–water partition coefficient (Wildman–Crippen LogP) is 3.72. The first-order valence-corrected chi connectivity index (χ1v) is 11.3. The Labute approximate surface area is 172 Å². The van der Waals surface area contributed by atoms with E-state index in [0.717, 1.165) is 16.7 Å². The number of aryl methyl sites for hydroxylation is 2. The van der Waals surface area contributed by atoms with Crippen molar-refractivity contribution >= 4 is 15.9 Å². The smallest absolute Gasteiger partial charge is 0.243 e. The molecule has 3 rings (SSSR count). The van der Waals surface area contributed by atoms with Gasteiger partial charge in [-0.3, -0.25) is 4.79 Å². The number of carbonyl (C=O) groups excluding carboxylic acids is 1. The molecule has 5 nitrogen and oxygen atoms in total. The van der Waals surface area contributed by atoms with Crippen molar-refractivity contribution < 1.29 is 17.6 Å². The number of halogens is 1. The highest BCUT2D eigenvalue weighted by molar-refractivity contribution is 7.89. The number of rotatable bonds is 5. The van der Waals surface area contributed by atoms with Gasteiger partial charge >= 0.3 is 0 Å². The number of carbonyl (C=O) groups is 1. The number of nitrogens with one attached hydrogen (secondary N) is 1. The number of piperidine rings is 1. The Hall–Kier alpha value is -2.25. The standard InChI is InChI=1S/C22H27FN2O3S/c1-15-4-5-16(2)21(14-15)29(27,28)25-12-10-19(11-13-25)22(26)24-17(3)18-6-8-20(23)9-7-18/h4-9,14,17,19H,10-13H2,1-3H3,(H,24,26)/t17-/m0/s1. The maximum atomic E-state index is 13.1. The molecule has 1 atom stereocenters. The summed E-state index contributed by atoms with van der Waals surface area (Å²) in [5, 5.41) is 2.96. The first kappa shape index (κ1) is 21.5. The molecule has 2 aromatic rings. The summed E-state index contributed by atoms with van der Waals surface area (Å²) in [4.78, 5) is 13.0. The second-order valence-electron chi connectivity index (χ2n) is 7.73. The van der Waals surface area contributed by atoms with Gasteiger partial charge < -0.3 is 5.32 Å². The van der Waals surface area contributed by atoms with Crippen LogP contribution in [0.4, 0.5) is 4.39 Å². The van der Waals surface area contributed by atoms with Crippen molar-refractivity contribution in [1.82, 2.24) is 9.62 Å². The van der Waals surface area contributed by atoms with Crippen LogP contribution in [0.2, 0.25) is 0 Å². The molecule has 1 N–H and O–H groups in total. The molecule has 1 aliphatic heterocycles. The van der Waals surface area contributed by atoms with E-state index in [0.29, 0.717) is 30.8 Å². The van der Waals surface area contributed by atoms with Crippen LogP contribution in [-0.4, -0.2) is 31.7 Å². The van der Waals surface area contributed by atoms with Crippen molar-refractivity contribution in [2.75, 3.05) is 13.1 Å². The first-order chi connectivity index (χ1) is 13.7. The molecule has 2 aromatic carbocycles. The monoisotopic (exact) mass is 418 g/mol. The van der Waals surface area contributed by atoms with Gasteiger partial charge in [-0.15, -0.1) is 0 Å². The van der Waals surface area contributed by atoms with E-state index in [2.05, 4.69) is 5.32 Å². The van der Waals surface area contributed by atoms with Gasteiger partial charge in [0.25, 0.3) is 0 Å². The average Bonchev–Trinajstić information content (AvgIpc) is 2.70. The zero-order valence-electron chi connectivity index (χ0n) is 17.0. The van der Waals surface area contributed by atoms with Crippen LogP contribution in [0.3, 0.4) is 0 Å². The number of nitrogens with zero attached hydrogens (tertiary/aromatic N) is 1. The summed E-state index contributed by atoms with van der Waals surface area (Å²) < 4.78 is 40.6. The largest absolute Gasteiger partial charge is 0.349 e. The summed E-state index contributed by atoms with van der Waals surface area (Å²) >= 11 is 0. The minimum atomic E-state index is -3.57. The van der Waals surface area contributed by atoms with Gasteiger partial charge in [0.2, 0.25) is 15.9 Å². The molecule has 7 heteroatoms. The van der Waals surface area contributed by atoms with E-state index in [-0.39, 0.29) is 23.7 Å². The van der Waals surface area contributed by atoms with E-state index in [1.165, 1.54) is 16.4 Å². The van der Waals surface area contributed by atoms with Crippen LogP contribution in [-0.2, 0) is 14.8 Å². The van der Waals surface area contributed by atoms with Crippen LogP contribution in [0.15, 0.2) is 47.4 Å². The molecule has 0 unspecified atom stereocenters. The van der Waals surface area contributed by atoms with E-state index in [1.807, 2.05) is 26.0 Å². The molecule has 0 aliphatic carbocycles. The maximum Gasteiger partial charge on any atom is 0.243 e. The summed E-state index contributed by atoms with van der Waals surface area (Å²) in [5.74, 6) is -0.640. The van der Waals surface area contributed by atoms with Gasteiger partial charge in [0, 0.05) is 19.0 Å². The Morgan fingerprint density at radius 2 is 1.72 bits per heavy atom. The van der Waals surface area contributed by atoms with Crippen molar-refractivity contribution in [3.63, 3.8) is 0 Å². The third kappa shape index (κ3) is 4.85. The molecule has 0 bridgehead atoms. The van der Waals surface area contributed by atoms with Crippen molar-refractivity contribution in [3.05, 3.63) is 65.0 Å². The third-order valence-corrected chi connectivity index (χ3v) is 7.56.